The third-order valence-corrected chi connectivity index (χ3v) is 4.28. The molecule has 2 rings (SSSR count). The van der Waals surface area contributed by atoms with Crippen molar-refractivity contribution in [1.82, 2.24) is 14.7 Å². The molecule has 2 amide bonds. The first-order valence-electron chi connectivity index (χ1n) is 7.03. The average Bonchev–Trinajstić information content (AvgIpc) is 2.80. The van der Waals surface area contributed by atoms with Crippen LogP contribution in [-0.4, -0.2) is 88.8 Å². The summed E-state index contributed by atoms with van der Waals surface area (Å²) in [7, 11) is 4.05. The van der Waals surface area contributed by atoms with Crippen LogP contribution >= 0.6 is 0 Å². The molecule has 0 aromatic carbocycles. The van der Waals surface area contributed by atoms with Gasteiger partial charge < -0.3 is 24.9 Å². The van der Waals surface area contributed by atoms with Gasteiger partial charge >= 0.3 is 12.0 Å². The summed E-state index contributed by atoms with van der Waals surface area (Å²) in [6, 6.07) is -0.686. The number of hydrogen-bond acceptors (Lipinski definition) is 4. The van der Waals surface area contributed by atoms with Crippen LogP contribution in [0.25, 0.3) is 0 Å². The zero-order valence-electron chi connectivity index (χ0n) is 12.0. The second-order valence-corrected chi connectivity index (χ2v) is 5.86. The van der Waals surface area contributed by atoms with E-state index < -0.39 is 18.1 Å². The van der Waals surface area contributed by atoms with E-state index >= 15 is 0 Å². The van der Waals surface area contributed by atoms with Crippen LogP contribution in [0.3, 0.4) is 0 Å². The molecule has 20 heavy (non-hydrogen) atoms. The number of hydrogen-bond donors (Lipinski definition) is 2. The molecule has 2 aliphatic heterocycles. The second kappa shape index (κ2) is 5.97. The fraction of sp³-hybridized carbons (Fsp3) is 0.846. The molecule has 2 saturated heterocycles. The molecule has 114 valence electrons. The largest absolute Gasteiger partial charge is 0.480 e. The van der Waals surface area contributed by atoms with E-state index in [1.54, 1.807) is 4.90 Å². The third kappa shape index (κ3) is 3.04. The molecule has 2 heterocycles. The van der Waals surface area contributed by atoms with Gasteiger partial charge in [0.1, 0.15) is 6.04 Å². The van der Waals surface area contributed by atoms with Gasteiger partial charge in [-0.2, -0.15) is 0 Å². The van der Waals surface area contributed by atoms with E-state index in [1.807, 2.05) is 14.1 Å². The van der Waals surface area contributed by atoms with Gasteiger partial charge in [0.15, 0.2) is 0 Å². The van der Waals surface area contributed by atoms with Crippen LogP contribution in [0, 0.1) is 0 Å². The number of urea groups is 1. The molecule has 2 fully saturated rings. The minimum Gasteiger partial charge on any atom is -0.480 e. The smallest absolute Gasteiger partial charge is 0.326 e. The van der Waals surface area contributed by atoms with Crippen LogP contribution in [0.4, 0.5) is 4.79 Å². The summed E-state index contributed by atoms with van der Waals surface area (Å²) in [6.45, 7) is 1.39. The predicted molar refractivity (Wildman–Crippen MR) is 72.4 cm³/mol. The lowest BCUT2D eigenvalue weighted by atomic mass is 10.0. The lowest BCUT2D eigenvalue weighted by molar-refractivity contribution is -0.141. The molecule has 0 aliphatic carbocycles. The van der Waals surface area contributed by atoms with Crippen LogP contribution in [0.1, 0.15) is 19.3 Å². The zero-order chi connectivity index (χ0) is 14.9. The van der Waals surface area contributed by atoms with E-state index in [4.69, 9.17) is 5.11 Å². The monoisotopic (exact) mass is 285 g/mol. The molecule has 0 bridgehead atoms. The molecular formula is C13H23N3O4. The number of β-amino-alcohol motifs (C(OH)–C–C–N with tert-alkyl or cyclic N) is 1. The third-order valence-electron chi connectivity index (χ3n) is 4.28. The first kappa shape index (κ1) is 15.1. The lowest BCUT2D eigenvalue weighted by Gasteiger charge is -2.37. The van der Waals surface area contributed by atoms with Crippen molar-refractivity contribution in [3.8, 4) is 0 Å². The standard InChI is InChI=1S/C13H23N3O4/c1-14(2)9-3-5-15(6-4-9)13(20)16-8-10(17)7-11(16)12(18)19/h9-11,17H,3-8H2,1-2H3,(H,18,19)/t10-,11+/m1/s1. The minimum atomic E-state index is -1.04. The van der Waals surface area contributed by atoms with Gasteiger partial charge in [-0.05, 0) is 26.9 Å². The van der Waals surface area contributed by atoms with E-state index in [0.29, 0.717) is 19.1 Å². The summed E-state index contributed by atoms with van der Waals surface area (Å²) in [5, 5.41) is 18.7. The van der Waals surface area contributed by atoms with Crippen LogP contribution in [0.2, 0.25) is 0 Å². The Labute approximate surface area is 118 Å². The number of amides is 2. The highest BCUT2D eigenvalue weighted by Gasteiger charge is 2.41. The number of likely N-dealkylation sites (tertiary alicyclic amines) is 2. The van der Waals surface area contributed by atoms with Crippen molar-refractivity contribution >= 4 is 12.0 Å². The highest BCUT2D eigenvalue weighted by atomic mass is 16.4. The molecule has 0 aromatic heterocycles. The zero-order valence-corrected chi connectivity index (χ0v) is 12.0. The SMILES string of the molecule is CN(C)C1CCN(C(=O)N2C[C@H](O)C[C@H]2C(=O)O)CC1. The fourth-order valence-electron chi connectivity index (χ4n) is 3.01. The van der Waals surface area contributed by atoms with Crippen molar-refractivity contribution in [1.29, 1.82) is 0 Å². The Hall–Kier alpha value is -1.34. The number of aliphatic hydroxyl groups is 1. The highest BCUT2D eigenvalue weighted by molar-refractivity contribution is 5.83. The molecule has 2 atom stereocenters. The number of carboxylic acids is 1. The van der Waals surface area contributed by atoms with Gasteiger partial charge in [0, 0.05) is 32.1 Å². The summed E-state index contributed by atoms with van der Waals surface area (Å²) in [5.41, 5.74) is 0. The minimum absolute atomic E-state index is 0.114. The summed E-state index contributed by atoms with van der Waals surface area (Å²) >= 11 is 0. The number of carboxylic acid groups (broad SMARTS) is 1. The number of nitrogens with zero attached hydrogens (tertiary/aromatic N) is 3. The molecule has 2 aliphatic rings. The van der Waals surface area contributed by atoms with Gasteiger partial charge in [0.2, 0.25) is 0 Å². The first-order valence-corrected chi connectivity index (χ1v) is 7.03. The topological polar surface area (TPSA) is 84.3 Å². The van der Waals surface area contributed by atoms with E-state index in [2.05, 4.69) is 4.90 Å². The van der Waals surface area contributed by atoms with Gasteiger partial charge in [-0.15, -0.1) is 0 Å². The Morgan fingerprint density at radius 1 is 1.20 bits per heavy atom. The van der Waals surface area contributed by atoms with E-state index in [0.717, 1.165) is 12.8 Å². The number of aliphatic hydroxyl groups excluding tert-OH is 1. The van der Waals surface area contributed by atoms with Crippen molar-refractivity contribution in [2.45, 2.75) is 37.5 Å². The van der Waals surface area contributed by atoms with Crippen molar-refractivity contribution < 1.29 is 19.8 Å². The fourth-order valence-corrected chi connectivity index (χ4v) is 3.01. The van der Waals surface area contributed by atoms with E-state index in [-0.39, 0.29) is 19.0 Å². The Morgan fingerprint density at radius 3 is 2.30 bits per heavy atom. The molecule has 0 radical (unpaired) electrons. The quantitative estimate of drug-likeness (QED) is 0.724. The first-order chi connectivity index (χ1) is 9.40. The Morgan fingerprint density at radius 2 is 1.80 bits per heavy atom. The predicted octanol–water partition coefficient (Wildman–Crippen LogP) is -0.348. The number of piperidine rings is 1. The van der Waals surface area contributed by atoms with Crippen LogP contribution in [0.5, 0.6) is 0 Å². The summed E-state index contributed by atoms with van der Waals surface area (Å²) < 4.78 is 0. The van der Waals surface area contributed by atoms with Crippen molar-refractivity contribution in [2.24, 2.45) is 0 Å². The molecular weight excluding hydrogens is 262 g/mol. The van der Waals surface area contributed by atoms with Gasteiger partial charge in [0.05, 0.1) is 6.10 Å². The summed E-state index contributed by atoms with van der Waals surface area (Å²) in [6.07, 6.45) is 1.17. The molecule has 7 nitrogen and oxygen atoms in total. The van der Waals surface area contributed by atoms with Gasteiger partial charge in [-0.25, -0.2) is 9.59 Å². The lowest BCUT2D eigenvalue weighted by Crippen LogP contribution is -2.52. The van der Waals surface area contributed by atoms with Gasteiger partial charge in [-0.1, -0.05) is 0 Å². The van der Waals surface area contributed by atoms with Crippen molar-refractivity contribution in [3.05, 3.63) is 0 Å². The maximum Gasteiger partial charge on any atom is 0.326 e. The van der Waals surface area contributed by atoms with Gasteiger partial charge in [-0.3, -0.25) is 0 Å². The Balaban J connectivity index is 1.96. The molecule has 0 saturated carbocycles. The van der Waals surface area contributed by atoms with Crippen LogP contribution in [-0.2, 0) is 4.79 Å². The van der Waals surface area contributed by atoms with Crippen LogP contribution in [0.15, 0.2) is 0 Å². The molecule has 0 unspecified atom stereocenters. The molecule has 0 spiro atoms. The maximum atomic E-state index is 12.4. The summed E-state index contributed by atoms with van der Waals surface area (Å²) in [4.78, 5) is 28.7. The molecule has 0 aromatic rings. The summed E-state index contributed by atoms with van der Waals surface area (Å²) in [5.74, 6) is -1.04. The average molecular weight is 285 g/mol. The van der Waals surface area contributed by atoms with Crippen molar-refractivity contribution in [2.75, 3.05) is 33.7 Å². The number of aliphatic carboxylic acids is 1. The van der Waals surface area contributed by atoms with E-state index in [1.165, 1.54) is 4.90 Å². The number of carbonyl (C=O) groups is 2. The van der Waals surface area contributed by atoms with E-state index in [9.17, 15) is 14.7 Å². The number of carbonyl (C=O) groups excluding carboxylic acids is 1. The molecule has 7 heteroatoms. The maximum absolute atomic E-state index is 12.4. The van der Waals surface area contributed by atoms with Crippen molar-refractivity contribution in [3.63, 3.8) is 0 Å². The second-order valence-electron chi connectivity index (χ2n) is 5.86. The molecule has 2 N–H and O–H groups in total. The van der Waals surface area contributed by atoms with Gasteiger partial charge in [0.25, 0.3) is 0 Å². The van der Waals surface area contributed by atoms with Crippen LogP contribution < -0.4 is 0 Å². The Bertz CT molecular complexity index is 380. The number of rotatable bonds is 2. The normalized spacial score (nSPS) is 28.2. The Kier molecular flexibility index (Phi) is 4.49. The highest BCUT2D eigenvalue weighted by Crippen LogP contribution is 2.22.